The van der Waals surface area contributed by atoms with Crippen LogP contribution in [0.5, 0.6) is 0 Å². The van der Waals surface area contributed by atoms with Crippen molar-refractivity contribution in [3.8, 4) is 0 Å². The average molecular weight is 581 g/mol. The zero-order valence-electron chi connectivity index (χ0n) is 24.0. The fraction of sp³-hybridized carbons (Fsp3) is 0.419. The van der Waals surface area contributed by atoms with Crippen LogP contribution in [-0.4, -0.2) is 51.2 Å². The summed E-state index contributed by atoms with van der Waals surface area (Å²) in [5.74, 6) is 0. The Morgan fingerprint density at radius 2 is 1.50 bits per heavy atom. The second kappa shape index (κ2) is 13.5. The van der Waals surface area contributed by atoms with Gasteiger partial charge in [0, 0.05) is 19.3 Å². The van der Waals surface area contributed by atoms with Gasteiger partial charge in [0.25, 0.3) is 0 Å². The van der Waals surface area contributed by atoms with E-state index in [-0.39, 0.29) is 18.2 Å². The molecule has 0 saturated carbocycles. The molecule has 4 rings (SSSR count). The molecule has 2 heterocycles. The number of hydrogen-bond donors (Lipinski definition) is 1. The quantitative estimate of drug-likeness (QED) is 0.224. The van der Waals surface area contributed by atoms with Gasteiger partial charge in [0.05, 0.1) is 46.4 Å². The minimum atomic E-state index is -3.76. The van der Waals surface area contributed by atoms with Gasteiger partial charge >= 0.3 is 7.60 Å². The third-order valence-corrected chi connectivity index (χ3v) is 9.81. The molecule has 2 aromatic carbocycles. The van der Waals surface area contributed by atoms with Crippen molar-refractivity contribution in [1.29, 1.82) is 0 Å². The lowest BCUT2D eigenvalue weighted by Crippen LogP contribution is -2.61. The fourth-order valence-electron chi connectivity index (χ4n) is 5.39. The first-order valence-corrected chi connectivity index (χ1v) is 15.9. The van der Waals surface area contributed by atoms with Crippen molar-refractivity contribution in [2.75, 3.05) is 13.1 Å². The van der Waals surface area contributed by atoms with E-state index in [1.165, 1.54) is 0 Å². The molecule has 0 bridgehead atoms. The number of rotatable bonds is 10. The van der Waals surface area contributed by atoms with Crippen LogP contribution >= 0.6 is 19.8 Å². The van der Waals surface area contributed by atoms with Gasteiger partial charge in [-0.15, -0.1) is 0 Å². The average Bonchev–Trinajstić information content (AvgIpc) is 2.93. The number of piperazine rings is 1. The lowest BCUT2D eigenvalue weighted by Gasteiger charge is -2.50. The van der Waals surface area contributed by atoms with Gasteiger partial charge in [-0.2, -0.15) is 0 Å². The van der Waals surface area contributed by atoms with E-state index >= 15 is 0 Å². The Hall–Kier alpha value is -2.45. The summed E-state index contributed by atoms with van der Waals surface area (Å²) in [6.07, 6.45) is 1.25. The van der Waals surface area contributed by atoms with Crippen LogP contribution in [0.4, 0.5) is 0 Å². The molecule has 1 aliphatic rings. The van der Waals surface area contributed by atoms with Crippen LogP contribution in [0.25, 0.3) is 0 Å². The summed E-state index contributed by atoms with van der Waals surface area (Å²) in [6.45, 7) is 10.8. The van der Waals surface area contributed by atoms with Crippen LogP contribution in [0.2, 0.25) is 0 Å². The zero-order valence-corrected chi connectivity index (χ0v) is 25.7. The standard InChI is InChI=1S/C31H41N4O3PS/c1-6-27(40)34-20-21-35(29(24-14-9-7-10-15-24)25-16-11-8-12-17-25)30(31(34)32)28-26(18-13-19-33-28)39(36,37-22(2)3)38-23(4)5/h7-19,22-23,29-31H,6,20-21,32H2,1-5H3. The first kappa shape index (κ1) is 30.5. The van der Waals surface area contributed by atoms with E-state index in [0.717, 1.165) is 16.1 Å². The molecule has 3 aromatic rings. The number of hydrogen-bond acceptors (Lipinski definition) is 7. The molecule has 1 aromatic heterocycles. The van der Waals surface area contributed by atoms with E-state index in [1.54, 1.807) is 18.3 Å². The highest BCUT2D eigenvalue weighted by Gasteiger charge is 2.45. The molecule has 7 nitrogen and oxygen atoms in total. The van der Waals surface area contributed by atoms with E-state index in [4.69, 9.17) is 32.0 Å². The molecular weight excluding hydrogens is 539 g/mol. The van der Waals surface area contributed by atoms with Crippen molar-refractivity contribution in [1.82, 2.24) is 14.8 Å². The molecule has 0 amide bonds. The summed E-state index contributed by atoms with van der Waals surface area (Å²) >= 11 is 5.77. The van der Waals surface area contributed by atoms with E-state index in [1.807, 2.05) is 46.8 Å². The molecule has 40 heavy (non-hydrogen) atoms. The van der Waals surface area contributed by atoms with Crippen molar-refractivity contribution < 1.29 is 13.6 Å². The second-order valence-corrected chi connectivity index (χ2v) is 12.9. The van der Waals surface area contributed by atoms with Crippen LogP contribution in [0.15, 0.2) is 79.0 Å². The fourth-order valence-corrected chi connectivity index (χ4v) is 7.73. The molecule has 0 spiro atoms. The molecule has 0 aliphatic carbocycles. The minimum absolute atomic E-state index is 0.123. The first-order valence-electron chi connectivity index (χ1n) is 14.0. The van der Waals surface area contributed by atoms with Crippen LogP contribution in [0.1, 0.15) is 69.9 Å². The van der Waals surface area contributed by atoms with Gasteiger partial charge < -0.3 is 19.7 Å². The summed E-state index contributed by atoms with van der Waals surface area (Å²) in [5, 5.41) is 0.437. The van der Waals surface area contributed by atoms with Crippen LogP contribution in [0.3, 0.4) is 0 Å². The maximum atomic E-state index is 14.5. The minimum Gasteiger partial charge on any atom is -0.348 e. The third kappa shape index (κ3) is 6.71. The van der Waals surface area contributed by atoms with Crippen molar-refractivity contribution in [3.63, 3.8) is 0 Å². The van der Waals surface area contributed by atoms with Crippen molar-refractivity contribution >= 4 is 30.1 Å². The number of nitrogens with two attached hydrogens (primary N) is 1. The van der Waals surface area contributed by atoms with Gasteiger partial charge in [0.1, 0.15) is 0 Å². The van der Waals surface area contributed by atoms with Crippen LogP contribution in [0, 0.1) is 0 Å². The summed E-state index contributed by atoms with van der Waals surface area (Å²) in [6, 6.07) is 23.8. The molecule has 1 saturated heterocycles. The van der Waals surface area contributed by atoms with E-state index in [9.17, 15) is 4.57 Å². The molecule has 1 fully saturated rings. The molecule has 214 valence electrons. The zero-order chi connectivity index (χ0) is 28.9. The Morgan fingerprint density at radius 1 is 0.950 bits per heavy atom. The Balaban J connectivity index is 1.94. The van der Waals surface area contributed by atoms with Crippen LogP contribution in [-0.2, 0) is 13.6 Å². The normalized spacial score (nSPS) is 18.6. The highest BCUT2D eigenvalue weighted by molar-refractivity contribution is 7.80. The Labute approximate surface area is 244 Å². The summed E-state index contributed by atoms with van der Waals surface area (Å²) in [4.78, 5) is 10.1. The maximum Gasteiger partial charge on any atom is 0.363 e. The van der Waals surface area contributed by atoms with E-state index in [0.29, 0.717) is 30.5 Å². The van der Waals surface area contributed by atoms with Gasteiger partial charge in [-0.05, 0) is 57.4 Å². The number of thiocarbonyl (C=S) groups is 1. The Morgan fingerprint density at radius 3 is 2.00 bits per heavy atom. The van der Waals surface area contributed by atoms with Gasteiger partial charge in [-0.3, -0.25) is 14.4 Å². The molecular formula is C31H41N4O3PS. The predicted molar refractivity (Wildman–Crippen MR) is 166 cm³/mol. The van der Waals surface area contributed by atoms with Gasteiger partial charge in [-0.25, -0.2) is 0 Å². The smallest absolute Gasteiger partial charge is 0.348 e. The Bertz CT molecular complexity index is 1250. The third-order valence-electron chi connectivity index (χ3n) is 6.92. The van der Waals surface area contributed by atoms with Crippen molar-refractivity contribution in [2.45, 2.75) is 71.5 Å². The summed E-state index contributed by atoms with van der Waals surface area (Å²) in [5.41, 5.74) is 9.97. The molecule has 0 radical (unpaired) electrons. The topological polar surface area (TPSA) is 80.9 Å². The van der Waals surface area contributed by atoms with Gasteiger partial charge in [0.2, 0.25) is 0 Å². The van der Waals surface area contributed by atoms with Gasteiger partial charge in [-0.1, -0.05) is 79.8 Å². The number of aromatic nitrogens is 1. The lowest BCUT2D eigenvalue weighted by atomic mass is 9.92. The number of nitrogens with zero attached hydrogens (tertiary/aromatic N) is 3. The summed E-state index contributed by atoms with van der Waals surface area (Å²) < 4.78 is 26.6. The SMILES string of the molecule is CCC(=S)N1CCN(C(c2ccccc2)c2ccccc2)C(c2ncccc2P(=O)(OC(C)C)OC(C)C)C1N. The largest absolute Gasteiger partial charge is 0.363 e. The molecule has 2 unspecified atom stereocenters. The molecule has 2 N–H and O–H groups in total. The Kier molecular flexibility index (Phi) is 10.3. The number of pyridine rings is 1. The first-order chi connectivity index (χ1) is 19.2. The van der Waals surface area contributed by atoms with E-state index in [2.05, 4.69) is 58.3 Å². The maximum absolute atomic E-state index is 14.5. The highest BCUT2D eigenvalue weighted by Crippen LogP contribution is 2.52. The number of benzene rings is 2. The van der Waals surface area contributed by atoms with Crippen LogP contribution < -0.4 is 11.0 Å². The molecule has 1 aliphatic heterocycles. The summed E-state index contributed by atoms with van der Waals surface area (Å²) in [7, 11) is -3.76. The molecule has 2 atom stereocenters. The predicted octanol–water partition coefficient (Wildman–Crippen LogP) is 6.22. The monoisotopic (exact) mass is 580 g/mol. The second-order valence-electron chi connectivity index (χ2n) is 10.6. The molecule has 9 heteroatoms. The van der Waals surface area contributed by atoms with E-state index < -0.39 is 19.8 Å². The van der Waals surface area contributed by atoms with Gasteiger partial charge in [0.15, 0.2) is 0 Å². The van der Waals surface area contributed by atoms with Crippen molar-refractivity contribution in [3.05, 3.63) is 95.8 Å². The van der Waals surface area contributed by atoms with Crippen molar-refractivity contribution in [2.24, 2.45) is 5.73 Å². The highest BCUT2D eigenvalue weighted by atomic mass is 32.1. The lowest BCUT2D eigenvalue weighted by molar-refractivity contribution is 0.0363.